The number of aromatic nitrogens is 3. The first kappa shape index (κ1) is 36.3. The molecule has 0 aliphatic carbocycles. The number of urea groups is 1. The van der Waals surface area contributed by atoms with Crippen LogP contribution in [0.15, 0.2) is 66.9 Å². The summed E-state index contributed by atoms with van der Waals surface area (Å²) in [5, 5.41) is 16.3. The molecule has 12 nitrogen and oxygen atoms in total. The van der Waals surface area contributed by atoms with Crippen LogP contribution < -0.4 is 20.9 Å². The molecule has 2 heterocycles. The number of methoxy groups -OCH3 is 1. The van der Waals surface area contributed by atoms with Crippen LogP contribution >= 0.6 is 0 Å². The molecule has 0 fully saturated rings. The molecule has 0 aliphatic heterocycles. The van der Waals surface area contributed by atoms with Crippen LogP contribution in [0.4, 0.5) is 18.0 Å². The summed E-state index contributed by atoms with van der Waals surface area (Å²) in [6.07, 6.45) is -1.33. The van der Waals surface area contributed by atoms with E-state index >= 15 is 0 Å². The predicted molar refractivity (Wildman–Crippen MR) is 177 cm³/mol. The van der Waals surface area contributed by atoms with E-state index in [4.69, 9.17) is 19.5 Å². The maximum Gasteiger partial charge on any atom is 0.490 e. The van der Waals surface area contributed by atoms with Gasteiger partial charge in [-0.25, -0.2) is 20.1 Å². The number of hydrogen-bond acceptors (Lipinski definition) is 6. The molecule has 49 heavy (non-hydrogen) atoms. The number of imidazole rings is 1. The fourth-order valence-electron chi connectivity index (χ4n) is 5.35. The van der Waals surface area contributed by atoms with Gasteiger partial charge in [0, 0.05) is 22.2 Å². The molecular formula is C34H37F3N6O6. The molecule has 260 valence electrons. The highest BCUT2D eigenvalue weighted by atomic mass is 19.4. The average Bonchev–Trinajstić information content (AvgIpc) is 3.68. The number of alkyl halides is 3. The Hall–Kier alpha value is -5.57. The van der Waals surface area contributed by atoms with Crippen molar-refractivity contribution in [3.05, 3.63) is 83.9 Å². The Morgan fingerprint density at radius 3 is 2.33 bits per heavy atom. The summed E-state index contributed by atoms with van der Waals surface area (Å²) >= 11 is 0. The summed E-state index contributed by atoms with van der Waals surface area (Å²) in [7, 11) is 2.96. The van der Waals surface area contributed by atoms with Gasteiger partial charge in [0.15, 0.2) is 11.5 Å². The lowest BCUT2D eigenvalue weighted by atomic mass is 9.99. The van der Waals surface area contributed by atoms with Crippen molar-refractivity contribution in [2.24, 2.45) is 0 Å². The van der Waals surface area contributed by atoms with Gasteiger partial charge in [-0.15, -0.1) is 0 Å². The van der Waals surface area contributed by atoms with Gasteiger partial charge in [0.25, 0.3) is 0 Å². The minimum atomic E-state index is -5.08. The van der Waals surface area contributed by atoms with Crippen molar-refractivity contribution in [3.63, 3.8) is 0 Å². The van der Waals surface area contributed by atoms with E-state index in [1.54, 1.807) is 13.3 Å². The number of halogens is 3. The minimum absolute atomic E-state index is 0.0820. The Balaban J connectivity index is 0.000000698. The van der Waals surface area contributed by atoms with E-state index in [2.05, 4.69) is 55.3 Å². The first-order chi connectivity index (χ1) is 23.3. The first-order valence-corrected chi connectivity index (χ1v) is 15.2. The molecule has 0 unspecified atom stereocenters. The van der Waals surface area contributed by atoms with Crippen molar-refractivity contribution in [1.29, 1.82) is 0 Å². The molecule has 5 rings (SSSR count). The first-order valence-electron chi connectivity index (χ1n) is 15.2. The Kier molecular flexibility index (Phi) is 11.5. The third-order valence-electron chi connectivity index (χ3n) is 7.73. The van der Waals surface area contributed by atoms with Crippen LogP contribution in [-0.4, -0.2) is 58.4 Å². The Morgan fingerprint density at radius 1 is 0.959 bits per heavy atom. The number of fused-ring (bicyclic) bond motifs is 2. The molecule has 0 spiro atoms. The van der Waals surface area contributed by atoms with E-state index < -0.39 is 23.8 Å². The predicted octanol–water partition coefficient (Wildman–Crippen LogP) is 6.22. The summed E-state index contributed by atoms with van der Waals surface area (Å²) < 4.78 is 37.1. The zero-order chi connectivity index (χ0) is 35.8. The zero-order valence-electron chi connectivity index (χ0n) is 27.2. The number of aliphatic carboxylic acids is 1. The second kappa shape index (κ2) is 15.6. The fraction of sp³-hybridized carbons (Fsp3) is 0.294. The van der Waals surface area contributed by atoms with Crippen molar-refractivity contribution in [2.45, 2.75) is 51.4 Å². The van der Waals surface area contributed by atoms with Gasteiger partial charge in [0.2, 0.25) is 5.91 Å². The number of nitrogens with one attached hydrogen (secondary N) is 5. The summed E-state index contributed by atoms with van der Waals surface area (Å²) in [5.74, 6) is -1.92. The monoisotopic (exact) mass is 682 g/mol. The van der Waals surface area contributed by atoms with Crippen LogP contribution in [0.2, 0.25) is 0 Å². The number of hydrogen-bond donors (Lipinski definition) is 6. The molecule has 6 N–H and O–H groups in total. The van der Waals surface area contributed by atoms with Crippen molar-refractivity contribution in [2.75, 3.05) is 14.2 Å². The number of carbonyl (C=O) groups is 3. The topological polar surface area (TPSA) is 170 Å². The number of carboxylic acid groups (broad SMARTS) is 1. The molecule has 15 heteroatoms. The molecule has 0 saturated heterocycles. The third kappa shape index (κ3) is 8.87. The number of benzene rings is 3. The van der Waals surface area contributed by atoms with E-state index in [-0.39, 0.29) is 12.3 Å². The van der Waals surface area contributed by atoms with Crippen LogP contribution in [0, 0.1) is 6.92 Å². The van der Waals surface area contributed by atoms with Gasteiger partial charge in [-0.05, 0) is 60.4 Å². The molecule has 0 saturated carbocycles. The number of aromatic amines is 2. The van der Waals surface area contributed by atoms with Crippen LogP contribution in [0.5, 0.6) is 5.75 Å². The molecule has 3 amide bonds. The highest BCUT2D eigenvalue weighted by Gasteiger charge is 2.39. The maximum atomic E-state index is 13.8. The maximum absolute atomic E-state index is 13.8. The SMILES string of the molecule is CCCC[C@](NC(=O)Cc1c(C)[nH]c2ccc(OC)cc12)(NC(=O)NOC)c1ncc(-c2ccc3ccccc3c2)[nH]1.O=C(O)C(F)(F)F. The molecule has 1 atom stereocenters. The molecule has 0 aliphatic rings. The van der Waals surface area contributed by atoms with Crippen LogP contribution in [0.3, 0.4) is 0 Å². The lowest BCUT2D eigenvalue weighted by molar-refractivity contribution is -0.192. The van der Waals surface area contributed by atoms with Crippen LogP contribution in [0.1, 0.15) is 43.3 Å². The normalized spacial score (nSPS) is 12.5. The molecule has 0 bridgehead atoms. The van der Waals surface area contributed by atoms with Gasteiger partial charge in [-0.3, -0.25) is 9.63 Å². The Bertz CT molecular complexity index is 1940. The van der Waals surface area contributed by atoms with Crippen molar-refractivity contribution >= 4 is 39.6 Å². The van der Waals surface area contributed by atoms with E-state index in [0.717, 1.165) is 50.6 Å². The van der Waals surface area contributed by atoms with Crippen molar-refractivity contribution in [3.8, 4) is 17.0 Å². The molecule has 5 aromatic rings. The van der Waals surface area contributed by atoms with E-state index in [1.165, 1.54) is 7.11 Å². The second-order valence-electron chi connectivity index (χ2n) is 11.1. The van der Waals surface area contributed by atoms with Gasteiger partial charge in [0.1, 0.15) is 5.75 Å². The number of unbranched alkanes of at least 4 members (excludes halogenated alkanes) is 1. The summed E-state index contributed by atoms with van der Waals surface area (Å²) in [4.78, 5) is 51.8. The van der Waals surface area contributed by atoms with E-state index in [1.807, 2.05) is 50.2 Å². The van der Waals surface area contributed by atoms with Gasteiger partial charge in [-0.1, -0.05) is 49.7 Å². The molecule has 3 aromatic carbocycles. The van der Waals surface area contributed by atoms with E-state index in [0.29, 0.717) is 24.4 Å². The van der Waals surface area contributed by atoms with Gasteiger partial charge < -0.3 is 30.4 Å². The van der Waals surface area contributed by atoms with Gasteiger partial charge in [0.05, 0.1) is 32.5 Å². The van der Waals surface area contributed by atoms with Crippen molar-refractivity contribution < 1.29 is 42.2 Å². The molecule has 2 aromatic heterocycles. The van der Waals surface area contributed by atoms with Crippen LogP contribution in [0.25, 0.3) is 32.9 Å². The summed E-state index contributed by atoms with van der Waals surface area (Å²) in [6, 6.07) is 19.4. The zero-order valence-corrected chi connectivity index (χ0v) is 27.2. The number of carboxylic acids is 1. The lowest BCUT2D eigenvalue weighted by Crippen LogP contribution is -2.60. The van der Waals surface area contributed by atoms with Crippen molar-refractivity contribution in [1.82, 2.24) is 31.1 Å². The number of H-pyrrole nitrogens is 2. The number of ether oxygens (including phenoxy) is 1. The number of hydroxylamine groups is 1. The standard InChI is InChI=1S/C32H36N6O4.C2HF3O2/c1-5-6-15-32(37-31(40)38-42-4,30-33-19-28(35-30)23-12-11-21-9-7-8-10-22(21)16-23)36-29(39)18-25-20(2)34-27-14-13-24(41-3)17-26(25)27;3-2(4,5)1(6)7/h7-14,16-17,19,34H,5-6,15,18H2,1-4H3,(H,33,35)(H,36,39)(H2,37,38,40);(H,6,7)/t32-;/m0./s1. The van der Waals surface area contributed by atoms with E-state index in [9.17, 15) is 22.8 Å². The largest absolute Gasteiger partial charge is 0.497 e. The third-order valence-corrected chi connectivity index (χ3v) is 7.73. The second-order valence-corrected chi connectivity index (χ2v) is 11.1. The number of amides is 3. The summed E-state index contributed by atoms with van der Waals surface area (Å²) in [5.41, 5.74) is 5.33. The minimum Gasteiger partial charge on any atom is -0.497 e. The summed E-state index contributed by atoms with van der Waals surface area (Å²) in [6.45, 7) is 3.99. The Morgan fingerprint density at radius 2 is 1.67 bits per heavy atom. The number of aryl methyl sites for hydroxylation is 1. The quantitative estimate of drug-likeness (QED) is 0.0709. The highest BCUT2D eigenvalue weighted by Crippen LogP contribution is 2.30. The average molecular weight is 683 g/mol. The number of nitrogens with zero attached hydrogens (tertiary/aromatic N) is 1. The number of rotatable bonds is 11. The lowest BCUT2D eigenvalue weighted by Gasteiger charge is -2.34. The Labute approximate surface area is 279 Å². The molecular weight excluding hydrogens is 645 g/mol. The smallest absolute Gasteiger partial charge is 0.490 e. The number of carbonyl (C=O) groups excluding carboxylic acids is 2. The molecule has 0 radical (unpaired) electrons. The highest BCUT2D eigenvalue weighted by molar-refractivity contribution is 5.91. The fourth-order valence-corrected chi connectivity index (χ4v) is 5.35. The van der Waals surface area contributed by atoms with Gasteiger partial charge >= 0.3 is 18.2 Å². The van der Waals surface area contributed by atoms with Gasteiger partial charge in [-0.2, -0.15) is 13.2 Å². The van der Waals surface area contributed by atoms with Crippen LogP contribution in [-0.2, 0) is 26.5 Å².